The summed E-state index contributed by atoms with van der Waals surface area (Å²) in [4.78, 5) is 18.8. The number of nitrogens with zero attached hydrogens (tertiary/aromatic N) is 2. The number of pyridine rings is 1. The lowest BCUT2D eigenvalue weighted by atomic mass is 9.98. The predicted octanol–water partition coefficient (Wildman–Crippen LogP) is 4.49. The number of aryl methyl sites for hydroxylation is 2. The molecule has 3 nitrogen and oxygen atoms in total. The van der Waals surface area contributed by atoms with Crippen LogP contribution in [0.15, 0.2) is 47.6 Å². The highest BCUT2D eigenvalue weighted by molar-refractivity contribution is 7.99. The molecule has 0 aliphatic carbocycles. The summed E-state index contributed by atoms with van der Waals surface area (Å²) in [5, 5.41) is 0.896. The number of thioether (sulfide) groups is 1. The number of aromatic nitrogens is 1. The topological polar surface area (TPSA) is 33.2 Å². The van der Waals surface area contributed by atoms with Gasteiger partial charge in [0.15, 0.2) is 0 Å². The summed E-state index contributed by atoms with van der Waals surface area (Å²) in [5.74, 6) is 0.603. The summed E-state index contributed by atoms with van der Waals surface area (Å²) in [6.45, 7) is 6.90. The molecule has 2 heterocycles. The number of hydrogen-bond acceptors (Lipinski definition) is 3. The lowest BCUT2D eigenvalue weighted by molar-refractivity contribution is -0.116. The number of carbonyl (C=O) groups is 1. The van der Waals surface area contributed by atoms with Gasteiger partial charge in [-0.25, -0.2) is 4.98 Å². The Morgan fingerprint density at radius 1 is 1.22 bits per heavy atom. The molecule has 0 unspecified atom stereocenters. The van der Waals surface area contributed by atoms with Crippen LogP contribution in [0.2, 0.25) is 0 Å². The van der Waals surface area contributed by atoms with E-state index in [4.69, 9.17) is 0 Å². The highest BCUT2D eigenvalue weighted by atomic mass is 32.2. The molecule has 0 fully saturated rings. The van der Waals surface area contributed by atoms with Crippen molar-refractivity contribution in [3.8, 4) is 0 Å². The zero-order valence-corrected chi connectivity index (χ0v) is 14.9. The highest BCUT2D eigenvalue weighted by Gasteiger charge is 2.23. The molecule has 23 heavy (non-hydrogen) atoms. The molecule has 0 atom stereocenters. The number of fused-ring (bicyclic) bond motifs is 1. The largest absolute Gasteiger partial charge is 0.311 e. The van der Waals surface area contributed by atoms with Crippen molar-refractivity contribution >= 4 is 23.4 Å². The molecule has 0 N–H and O–H groups in total. The van der Waals surface area contributed by atoms with Crippen LogP contribution in [-0.2, 0) is 11.2 Å². The van der Waals surface area contributed by atoms with Crippen molar-refractivity contribution in [1.82, 2.24) is 4.98 Å². The van der Waals surface area contributed by atoms with Crippen LogP contribution >= 0.6 is 11.8 Å². The van der Waals surface area contributed by atoms with E-state index in [0.29, 0.717) is 5.75 Å². The Morgan fingerprint density at radius 2 is 2.04 bits per heavy atom. The average Bonchev–Trinajstić information content (AvgIpc) is 2.62. The number of amides is 1. The van der Waals surface area contributed by atoms with Crippen molar-refractivity contribution in [2.45, 2.75) is 38.6 Å². The summed E-state index contributed by atoms with van der Waals surface area (Å²) < 4.78 is 0. The van der Waals surface area contributed by atoms with Crippen LogP contribution in [0.3, 0.4) is 0 Å². The van der Waals surface area contributed by atoms with Crippen LogP contribution in [0, 0.1) is 6.92 Å². The van der Waals surface area contributed by atoms with Crippen LogP contribution in [0.25, 0.3) is 0 Å². The second-order valence-corrected chi connectivity index (χ2v) is 6.18. The maximum absolute atomic E-state index is 12.6. The van der Waals surface area contributed by atoms with Gasteiger partial charge in [-0.1, -0.05) is 49.9 Å². The van der Waals surface area contributed by atoms with Crippen molar-refractivity contribution in [3.63, 3.8) is 0 Å². The predicted molar refractivity (Wildman–Crippen MR) is 98.2 cm³/mol. The van der Waals surface area contributed by atoms with Gasteiger partial charge < -0.3 is 4.90 Å². The first-order valence-corrected chi connectivity index (χ1v) is 9.17. The molecule has 3 rings (SSSR count). The van der Waals surface area contributed by atoms with Gasteiger partial charge in [0.05, 0.1) is 10.8 Å². The zero-order chi connectivity index (χ0) is 16.7. The van der Waals surface area contributed by atoms with Crippen molar-refractivity contribution in [3.05, 3.63) is 53.7 Å². The minimum Gasteiger partial charge on any atom is -0.311 e. The third-order valence-electron chi connectivity index (χ3n) is 3.70. The Kier molecular flexibility index (Phi) is 6.66. The molecule has 1 aliphatic rings. The number of anilines is 1. The lowest BCUT2D eigenvalue weighted by Crippen LogP contribution is -2.37. The molecule has 2 aromatic rings. The quantitative estimate of drug-likeness (QED) is 0.779. The maximum atomic E-state index is 12.6. The Morgan fingerprint density at radius 3 is 2.78 bits per heavy atom. The summed E-state index contributed by atoms with van der Waals surface area (Å²) >= 11 is 1.50. The molecule has 0 saturated heterocycles. The Balaban J connectivity index is 0.000000924. The molecule has 0 bridgehead atoms. The molecule has 1 aromatic heterocycles. The third kappa shape index (κ3) is 4.35. The van der Waals surface area contributed by atoms with Gasteiger partial charge in [0.1, 0.15) is 0 Å². The number of rotatable bonds is 3. The molecule has 0 saturated carbocycles. The van der Waals surface area contributed by atoms with Gasteiger partial charge >= 0.3 is 0 Å². The van der Waals surface area contributed by atoms with Gasteiger partial charge in [-0.15, -0.1) is 0 Å². The first-order valence-electron chi connectivity index (χ1n) is 8.18. The van der Waals surface area contributed by atoms with Crippen LogP contribution in [-0.4, -0.2) is 23.2 Å². The molecule has 122 valence electrons. The summed E-state index contributed by atoms with van der Waals surface area (Å²) in [6.07, 6.45) is 3.86. The fourth-order valence-corrected chi connectivity index (χ4v) is 3.48. The average molecular weight is 328 g/mol. The van der Waals surface area contributed by atoms with Crippen molar-refractivity contribution < 1.29 is 4.79 Å². The maximum Gasteiger partial charge on any atom is 0.237 e. The standard InChI is InChI=1S/C17H18N2OS.C2H6/c1-13-6-4-7-14-8-5-11-19(17(13)14)16(20)12-21-15-9-2-3-10-18-15;1-2/h2-4,6-7,9-10H,5,8,11-12H2,1H3;1-2H3. The molecule has 0 spiro atoms. The van der Waals surface area contributed by atoms with Gasteiger partial charge in [-0.2, -0.15) is 0 Å². The molecular weight excluding hydrogens is 304 g/mol. The number of benzene rings is 1. The third-order valence-corrected chi connectivity index (χ3v) is 4.63. The highest BCUT2D eigenvalue weighted by Crippen LogP contribution is 2.31. The molecule has 1 aliphatic heterocycles. The van der Waals surface area contributed by atoms with E-state index in [2.05, 4.69) is 30.1 Å². The minimum absolute atomic E-state index is 0.168. The fraction of sp³-hybridized carbons (Fsp3) is 0.368. The molecular formula is C19H24N2OS. The van der Waals surface area contributed by atoms with E-state index in [9.17, 15) is 4.79 Å². The smallest absolute Gasteiger partial charge is 0.237 e. The van der Waals surface area contributed by atoms with E-state index in [1.807, 2.05) is 36.9 Å². The summed E-state index contributed by atoms with van der Waals surface area (Å²) in [5.41, 5.74) is 3.59. The van der Waals surface area contributed by atoms with Crippen LogP contribution < -0.4 is 4.90 Å². The van der Waals surface area contributed by atoms with Gasteiger partial charge in [-0.05, 0) is 43.0 Å². The number of carbonyl (C=O) groups excluding carboxylic acids is 1. The zero-order valence-electron chi connectivity index (χ0n) is 14.1. The van der Waals surface area contributed by atoms with E-state index in [0.717, 1.165) is 30.1 Å². The summed E-state index contributed by atoms with van der Waals surface area (Å²) in [6, 6.07) is 12.1. The van der Waals surface area contributed by atoms with Gasteiger partial charge in [-0.3, -0.25) is 4.79 Å². The van der Waals surface area contributed by atoms with Gasteiger partial charge in [0.2, 0.25) is 5.91 Å². The SMILES string of the molecule is CC.Cc1cccc2c1N(C(=O)CSc1ccccn1)CCC2. The normalized spacial score (nSPS) is 12.9. The van der Waals surface area contributed by atoms with E-state index in [1.165, 1.54) is 22.9 Å². The Hall–Kier alpha value is -1.81. The molecule has 4 heteroatoms. The number of hydrogen-bond donors (Lipinski definition) is 0. The lowest BCUT2D eigenvalue weighted by Gasteiger charge is -2.31. The molecule has 1 amide bonds. The first kappa shape index (κ1) is 17.5. The Bertz CT molecular complexity index is 643. The second kappa shape index (κ2) is 8.73. The van der Waals surface area contributed by atoms with Crippen molar-refractivity contribution in [2.24, 2.45) is 0 Å². The molecule has 0 radical (unpaired) electrons. The molecule has 1 aromatic carbocycles. The van der Waals surface area contributed by atoms with Gasteiger partial charge in [0.25, 0.3) is 0 Å². The van der Waals surface area contributed by atoms with Crippen molar-refractivity contribution in [2.75, 3.05) is 17.2 Å². The van der Waals surface area contributed by atoms with Crippen LogP contribution in [0.5, 0.6) is 0 Å². The van der Waals surface area contributed by atoms with E-state index in [-0.39, 0.29) is 5.91 Å². The monoisotopic (exact) mass is 328 g/mol. The number of para-hydroxylation sites is 1. The van der Waals surface area contributed by atoms with Gasteiger partial charge in [0, 0.05) is 18.4 Å². The van der Waals surface area contributed by atoms with Crippen LogP contribution in [0.4, 0.5) is 5.69 Å². The van der Waals surface area contributed by atoms with E-state index >= 15 is 0 Å². The minimum atomic E-state index is 0.168. The fourth-order valence-electron chi connectivity index (χ4n) is 2.74. The van der Waals surface area contributed by atoms with Crippen LogP contribution in [0.1, 0.15) is 31.4 Å². The summed E-state index contributed by atoms with van der Waals surface area (Å²) in [7, 11) is 0. The van der Waals surface area contributed by atoms with Crippen molar-refractivity contribution in [1.29, 1.82) is 0 Å². The first-order chi connectivity index (χ1) is 11.3. The van der Waals surface area contributed by atoms with E-state index in [1.54, 1.807) is 6.20 Å². The van der Waals surface area contributed by atoms with E-state index < -0.39 is 0 Å². The Labute approximate surface area is 143 Å². The second-order valence-electron chi connectivity index (χ2n) is 5.19.